The Morgan fingerprint density at radius 3 is 2.75 bits per heavy atom. The van der Waals surface area contributed by atoms with Crippen LogP contribution in [0.25, 0.3) is 0 Å². The van der Waals surface area contributed by atoms with Crippen molar-refractivity contribution in [1.29, 1.82) is 0 Å². The molecule has 4 heteroatoms. The fraction of sp³-hybridized carbons (Fsp3) is 0.188. The zero-order chi connectivity index (χ0) is 14.5. The number of carbonyl (C=O) groups excluding carboxylic acids is 1. The van der Waals surface area contributed by atoms with Crippen molar-refractivity contribution in [1.82, 2.24) is 0 Å². The summed E-state index contributed by atoms with van der Waals surface area (Å²) in [7, 11) is 0. The summed E-state index contributed by atoms with van der Waals surface area (Å²) < 4.78 is 1.15. The minimum atomic E-state index is -0.0624. The van der Waals surface area contributed by atoms with E-state index in [9.17, 15) is 4.79 Å². The maximum atomic E-state index is 12.2. The fourth-order valence-corrected chi connectivity index (χ4v) is 2.87. The predicted molar refractivity (Wildman–Crippen MR) is 95.5 cm³/mol. The molecule has 0 aromatic heterocycles. The van der Waals surface area contributed by atoms with E-state index in [4.69, 9.17) is 0 Å². The first kappa shape index (κ1) is 15.4. The van der Waals surface area contributed by atoms with E-state index in [-0.39, 0.29) is 5.91 Å². The van der Waals surface area contributed by atoms with Crippen molar-refractivity contribution >= 4 is 45.9 Å². The molecule has 0 aliphatic carbocycles. The quantitative estimate of drug-likeness (QED) is 0.757. The number of benzene rings is 2. The number of anilines is 1. The van der Waals surface area contributed by atoms with Gasteiger partial charge in [-0.2, -0.15) is 11.8 Å². The van der Waals surface area contributed by atoms with Gasteiger partial charge in [0.05, 0.1) is 0 Å². The molecule has 0 saturated heterocycles. The molecule has 0 fully saturated rings. The van der Waals surface area contributed by atoms with E-state index in [1.54, 1.807) is 11.8 Å². The molecule has 20 heavy (non-hydrogen) atoms. The Balaban J connectivity index is 2.15. The standard InChI is InChI=1S/C16H16INOS/c1-11-6-7-14(9-15(11)17)18-16(19)13-5-3-4-12(8-13)10-20-2/h3-9H,10H2,1-2H3,(H,18,19). The molecule has 0 bridgehead atoms. The van der Waals surface area contributed by atoms with E-state index in [1.165, 1.54) is 11.1 Å². The van der Waals surface area contributed by atoms with Crippen molar-refractivity contribution in [3.63, 3.8) is 0 Å². The number of aryl methyl sites for hydroxylation is 1. The van der Waals surface area contributed by atoms with Gasteiger partial charge in [-0.05, 0) is 71.2 Å². The number of hydrogen-bond donors (Lipinski definition) is 1. The van der Waals surface area contributed by atoms with Gasteiger partial charge in [0.25, 0.3) is 5.91 Å². The summed E-state index contributed by atoms with van der Waals surface area (Å²) in [6.07, 6.45) is 2.06. The van der Waals surface area contributed by atoms with Crippen LogP contribution in [-0.4, -0.2) is 12.2 Å². The summed E-state index contributed by atoms with van der Waals surface area (Å²) in [5.41, 5.74) is 3.92. The second-order valence-corrected chi connectivity index (χ2v) is 6.58. The Hall–Kier alpha value is -1.01. The van der Waals surface area contributed by atoms with Gasteiger partial charge in [0.15, 0.2) is 0 Å². The molecule has 2 aromatic rings. The van der Waals surface area contributed by atoms with Crippen LogP contribution in [0.1, 0.15) is 21.5 Å². The van der Waals surface area contributed by atoms with Gasteiger partial charge < -0.3 is 5.32 Å². The molecule has 0 radical (unpaired) electrons. The second-order valence-electron chi connectivity index (χ2n) is 4.55. The summed E-state index contributed by atoms with van der Waals surface area (Å²) >= 11 is 4.02. The van der Waals surface area contributed by atoms with Gasteiger partial charge in [-0.3, -0.25) is 4.79 Å². The van der Waals surface area contributed by atoms with Crippen LogP contribution in [0, 0.1) is 10.5 Å². The van der Waals surface area contributed by atoms with E-state index < -0.39 is 0 Å². The van der Waals surface area contributed by atoms with Crippen LogP contribution in [0.3, 0.4) is 0 Å². The number of thioether (sulfide) groups is 1. The summed E-state index contributed by atoms with van der Waals surface area (Å²) in [6.45, 7) is 2.05. The lowest BCUT2D eigenvalue weighted by atomic mass is 10.1. The first-order valence-electron chi connectivity index (χ1n) is 6.25. The van der Waals surface area contributed by atoms with Crippen molar-refractivity contribution < 1.29 is 4.79 Å². The number of carbonyl (C=O) groups is 1. The molecule has 2 nitrogen and oxygen atoms in total. The van der Waals surface area contributed by atoms with E-state index >= 15 is 0 Å². The molecule has 0 atom stereocenters. The minimum absolute atomic E-state index is 0.0624. The summed E-state index contributed by atoms with van der Waals surface area (Å²) in [4.78, 5) is 12.2. The average molecular weight is 397 g/mol. The topological polar surface area (TPSA) is 29.1 Å². The molecule has 0 aliphatic heterocycles. The van der Waals surface area contributed by atoms with Gasteiger partial charge in [0, 0.05) is 20.6 Å². The van der Waals surface area contributed by atoms with Crippen molar-refractivity contribution in [3.8, 4) is 0 Å². The predicted octanol–water partition coefficient (Wildman–Crippen LogP) is 4.71. The number of hydrogen-bond acceptors (Lipinski definition) is 2. The monoisotopic (exact) mass is 397 g/mol. The lowest BCUT2D eigenvalue weighted by Gasteiger charge is -2.08. The molecule has 0 heterocycles. The summed E-state index contributed by atoms with van der Waals surface area (Å²) in [5.74, 6) is 0.858. The Labute approximate surface area is 137 Å². The van der Waals surface area contributed by atoms with E-state index in [2.05, 4.69) is 41.1 Å². The van der Waals surface area contributed by atoms with Crippen molar-refractivity contribution in [2.75, 3.05) is 11.6 Å². The molecular formula is C16H16INOS. The van der Waals surface area contributed by atoms with Crippen LogP contribution in [0.15, 0.2) is 42.5 Å². The smallest absolute Gasteiger partial charge is 0.255 e. The third-order valence-corrected chi connectivity index (χ3v) is 4.71. The second kappa shape index (κ2) is 7.13. The normalized spacial score (nSPS) is 10.3. The third-order valence-electron chi connectivity index (χ3n) is 2.93. The van der Waals surface area contributed by atoms with Crippen LogP contribution in [-0.2, 0) is 5.75 Å². The highest BCUT2D eigenvalue weighted by Crippen LogP contribution is 2.18. The van der Waals surface area contributed by atoms with Crippen LogP contribution < -0.4 is 5.32 Å². The van der Waals surface area contributed by atoms with E-state index in [1.807, 2.05) is 42.5 Å². The van der Waals surface area contributed by atoms with Crippen LogP contribution >= 0.6 is 34.4 Å². The fourth-order valence-electron chi connectivity index (χ4n) is 1.84. The van der Waals surface area contributed by atoms with Gasteiger partial charge in [-0.1, -0.05) is 18.2 Å². The van der Waals surface area contributed by atoms with Crippen molar-refractivity contribution in [3.05, 3.63) is 62.7 Å². The highest BCUT2D eigenvalue weighted by Gasteiger charge is 2.07. The zero-order valence-electron chi connectivity index (χ0n) is 11.4. The maximum Gasteiger partial charge on any atom is 0.255 e. The molecule has 2 aromatic carbocycles. The minimum Gasteiger partial charge on any atom is -0.322 e. The van der Waals surface area contributed by atoms with Gasteiger partial charge in [-0.25, -0.2) is 0 Å². The van der Waals surface area contributed by atoms with Crippen LogP contribution in [0.5, 0.6) is 0 Å². The highest BCUT2D eigenvalue weighted by molar-refractivity contribution is 14.1. The Kier molecular flexibility index (Phi) is 5.48. The summed E-state index contributed by atoms with van der Waals surface area (Å²) in [5, 5.41) is 2.95. The largest absolute Gasteiger partial charge is 0.322 e. The average Bonchev–Trinajstić information content (AvgIpc) is 2.43. The molecule has 0 unspecified atom stereocenters. The Bertz CT molecular complexity index is 628. The van der Waals surface area contributed by atoms with Crippen LogP contribution in [0.4, 0.5) is 5.69 Å². The number of halogens is 1. The maximum absolute atomic E-state index is 12.2. The molecule has 0 saturated carbocycles. The van der Waals surface area contributed by atoms with Crippen molar-refractivity contribution in [2.24, 2.45) is 0 Å². The molecule has 0 spiro atoms. The van der Waals surface area contributed by atoms with Gasteiger partial charge in [0.2, 0.25) is 0 Å². The van der Waals surface area contributed by atoms with E-state index in [0.29, 0.717) is 5.56 Å². The number of nitrogens with one attached hydrogen (secondary N) is 1. The van der Waals surface area contributed by atoms with E-state index in [0.717, 1.165) is 15.0 Å². The molecule has 1 N–H and O–H groups in total. The van der Waals surface area contributed by atoms with Gasteiger partial charge >= 0.3 is 0 Å². The first-order valence-corrected chi connectivity index (χ1v) is 8.73. The molecule has 0 aliphatic rings. The lowest BCUT2D eigenvalue weighted by molar-refractivity contribution is 0.102. The first-order chi connectivity index (χ1) is 9.60. The van der Waals surface area contributed by atoms with Crippen molar-refractivity contribution in [2.45, 2.75) is 12.7 Å². The summed E-state index contributed by atoms with van der Waals surface area (Å²) in [6, 6.07) is 13.7. The number of rotatable bonds is 4. The molecule has 1 amide bonds. The number of amides is 1. The zero-order valence-corrected chi connectivity index (χ0v) is 14.4. The lowest BCUT2D eigenvalue weighted by Crippen LogP contribution is -2.12. The third kappa shape index (κ3) is 3.99. The van der Waals surface area contributed by atoms with Gasteiger partial charge in [-0.15, -0.1) is 0 Å². The molecule has 104 valence electrons. The Morgan fingerprint density at radius 2 is 2.05 bits per heavy atom. The molecule has 2 rings (SSSR count). The molecular weight excluding hydrogens is 381 g/mol. The highest BCUT2D eigenvalue weighted by atomic mass is 127. The van der Waals surface area contributed by atoms with Gasteiger partial charge in [0.1, 0.15) is 0 Å². The SMILES string of the molecule is CSCc1cccc(C(=O)Nc2ccc(C)c(I)c2)c1. The van der Waals surface area contributed by atoms with Crippen LogP contribution in [0.2, 0.25) is 0 Å². The Morgan fingerprint density at radius 1 is 1.25 bits per heavy atom.